The lowest BCUT2D eigenvalue weighted by Crippen LogP contribution is -2.20. The number of ether oxygens (including phenoxy) is 1. The molecular weight excluding hydrogens is 565 g/mol. The van der Waals surface area contributed by atoms with E-state index in [4.69, 9.17) is 4.74 Å². The smallest absolute Gasteiger partial charge is 0.341 e. The van der Waals surface area contributed by atoms with Crippen LogP contribution in [-0.4, -0.2) is 24.4 Å². The van der Waals surface area contributed by atoms with E-state index >= 15 is 0 Å². The number of nitrogens with one attached hydrogen (secondary N) is 2. The minimum absolute atomic E-state index is 0.226. The highest BCUT2D eigenvalue weighted by Crippen LogP contribution is 2.41. The molecule has 1 unspecified atom stereocenters. The molecule has 1 aromatic heterocycles. The molecule has 5 rings (SSSR count). The van der Waals surface area contributed by atoms with Gasteiger partial charge in [0, 0.05) is 21.5 Å². The van der Waals surface area contributed by atoms with E-state index in [-0.39, 0.29) is 24.4 Å². The minimum Gasteiger partial charge on any atom is -0.462 e. The van der Waals surface area contributed by atoms with Gasteiger partial charge in [-0.05, 0) is 73.6 Å². The molecule has 2 amide bonds. The Morgan fingerprint density at radius 3 is 2.43 bits per heavy atom. The molecular formula is C34H32N2O4S2. The number of hydrogen-bond donors (Lipinski definition) is 2. The normalized spacial score (nSPS) is 13.3. The second-order valence-corrected chi connectivity index (χ2v) is 12.1. The first-order chi connectivity index (χ1) is 20.5. The van der Waals surface area contributed by atoms with Gasteiger partial charge in [-0.15, -0.1) is 23.1 Å². The summed E-state index contributed by atoms with van der Waals surface area (Å²) in [5.74, 6) is -0.858. The number of benzene rings is 3. The summed E-state index contributed by atoms with van der Waals surface area (Å²) in [4.78, 5) is 41.4. The highest BCUT2D eigenvalue weighted by atomic mass is 32.2. The van der Waals surface area contributed by atoms with Gasteiger partial charge >= 0.3 is 5.97 Å². The molecule has 8 heteroatoms. The third kappa shape index (κ3) is 7.38. The molecule has 42 heavy (non-hydrogen) atoms. The van der Waals surface area contributed by atoms with E-state index in [1.165, 1.54) is 29.2 Å². The first-order valence-electron chi connectivity index (χ1n) is 14.0. The number of carbonyl (C=O) groups excluding carboxylic acids is 3. The molecule has 0 fully saturated rings. The van der Waals surface area contributed by atoms with Gasteiger partial charge in [0.1, 0.15) is 10.3 Å². The van der Waals surface area contributed by atoms with Crippen molar-refractivity contribution in [1.82, 2.24) is 0 Å². The van der Waals surface area contributed by atoms with Crippen LogP contribution in [0.1, 0.15) is 56.9 Å². The summed E-state index contributed by atoms with van der Waals surface area (Å²) in [6.07, 6.45) is 7.05. The quantitative estimate of drug-likeness (QED) is 0.110. The maximum absolute atomic E-state index is 13.9. The minimum atomic E-state index is -0.593. The lowest BCUT2D eigenvalue weighted by molar-refractivity contribution is -0.116. The Morgan fingerprint density at radius 2 is 1.67 bits per heavy atom. The van der Waals surface area contributed by atoms with E-state index in [0.29, 0.717) is 16.3 Å². The standard InChI is InChI=1S/C34H32N2O4S2/c1-2-40-34(39)30-27-18-9-10-19-28(27)42-33(30)36-32(38)31(24-14-7-4-8-15-24)41-26-17-11-16-25(22-26)35-29(37)21-20-23-12-5-3-6-13-23/h3-8,11-17,20-22,31H,2,9-10,18-19H2,1H3,(H,35,37)(H,36,38)/b21-20+. The molecule has 2 N–H and O–H groups in total. The number of rotatable bonds is 10. The van der Waals surface area contributed by atoms with E-state index in [1.54, 1.807) is 13.0 Å². The van der Waals surface area contributed by atoms with E-state index in [9.17, 15) is 14.4 Å². The van der Waals surface area contributed by atoms with Crippen molar-refractivity contribution in [3.05, 3.63) is 118 Å². The molecule has 1 atom stereocenters. The molecule has 3 aromatic carbocycles. The molecule has 1 heterocycles. The lowest BCUT2D eigenvalue weighted by atomic mass is 9.95. The monoisotopic (exact) mass is 596 g/mol. The molecule has 0 aliphatic heterocycles. The second-order valence-electron chi connectivity index (χ2n) is 9.79. The number of aryl methyl sites for hydroxylation is 1. The van der Waals surface area contributed by atoms with Crippen LogP contribution >= 0.6 is 23.1 Å². The molecule has 6 nitrogen and oxygen atoms in total. The van der Waals surface area contributed by atoms with Crippen molar-refractivity contribution in [2.75, 3.05) is 17.2 Å². The van der Waals surface area contributed by atoms with Gasteiger partial charge in [0.15, 0.2) is 0 Å². The third-order valence-corrected chi connectivity index (χ3v) is 9.27. The van der Waals surface area contributed by atoms with Crippen LogP contribution in [0.25, 0.3) is 6.08 Å². The van der Waals surface area contributed by atoms with Crippen LogP contribution in [0.3, 0.4) is 0 Å². The lowest BCUT2D eigenvalue weighted by Gasteiger charge is -2.18. The summed E-state index contributed by atoms with van der Waals surface area (Å²) in [5.41, 5.74) is 3.90. The Labute approximate surface area is 254 Å². The first kappa shape index (κ1) is 29.4. The number of amides is 2. The molecule has 214 valence electrons. The van der Waals surface area contributed by atoms with Crippen molar-refractivity contribution in [3.63, 3.8) is 0 Å². The predicted octanol–water partition coefficient (Wildman–Crippen LogP) is 7.93. The summed E-state index contributed by atoms with van der Waals surface area (Å²) < 4.78 is 5.37. The molecule has 0 spiro atoms. The van der Waals surface area contributed by atoms with Gasteiger partial charge in [-0.1, -0.05) is 66.7 Å². The summed E-state index contributed by atoms with van der Waals surface area (Å²) in [7, 11) is 0. The second kappa shape index (κ2) is 14.2. The fourth-order valence-electron chi connectivity index (χ4n) is 4.85. The van der Waals surface area contributed by atoms with Crippen LogP contribution in [0, 0.1) is 0 Å². The first-order valence-corrected chi connectivity index (χ1v) is 15.7. The van der Waals surface area contributed by atoms with Crippen molar-refractivity contribution in [2.24, 2.45) is 0 Å². The SMILES string of the molecule is CCOC(=O)c1c(NC(=O)C(Sc2cccc(NC(=O)/C=C/c3ccccc3)c2)c2ccccc2)sc2c1CCCC2. The van der Waals surface area contributed by atoms with Gasteiger partial charge in [0.05, 0.1) is 12.2 Å². The van der Waals surface area contributed by atoms with E-state index in [2.05, 4.69) is 10.6 Å². The highest BCUT2D eigenvalue weighted by molar-refractivity contribution is 8.00. The van der Waals surface area contributed by atoms with Gasteiger partial charge in [-0.25, -0.2) is 4.79 Å². The molecule has 1 aliphatic carbocycles. The average molecular weight is 597 g/mol. The van der Waals surface area contributed by atoms with Crippen molar-refractivity contribution < 1.29 is 19.1 Å². The van der Waals surface area contributed by atoms with Gasteiger partial charge in [-0.2, -0.15) is 0 Å². The maximum atomic E-state index is 13.9. The van der Waals surface area contributed by atoms with Crippen LogP contribution in [0.4, 0.5) is 10.7 Å². The van der Waals surface area contributed by atoms with E-state index < -0.39 is 5.25 Å². The van der Waals surface area contributed by atoms with E-state index in [1.807, 2.05) is 84.9 Å². The number of thioether (sulfide) groups is 1. The van der Waals surface area contributed by atoms with Crippen LogP contribution in [0.15, 0.2) is 95.9 Å². The number of esters is 1. The topological polar surface area (TPSA) is 84.5 Å². The zero-order chi connectivity index (χ0) is 29.3. The highest BCUT2D eigenvalue weighted by Gasteiger charge is 2.30. The summed E-state index contributed by atoms with van der Waals surface area (Å²) >= 11 is 2.87. The van der Waals surface area contributed by atoms with Gasteiger partial charge in [-0.3, -0.25) is 9.59 Å². The van der Waals surface area contributed by atoms with E-state index in [0.717, 1.165) is 52.1 Å². The number of anilines is 2. The number of thiophene rings is 1. The molecule has 1 aliphatic rings. The molecule has 0 saturated heterocycles. The van der Waals surface area contributed by atoms with Crippen molar-refractivity contribution in [1.29, 1.82) is 0 Å². The zero-order valence-electron chi connectivity index (χ0n) is 23.3. The largest absolute Gasteiger partial charge is 0.462 e. The van der Waals surface area contributed by atoms with Crippen molar-refractivity contribution in [2.45, 2.75) is 42.8 Å². The fourth-order valence-corrected chi connectivity index (χ4v) is 7.22. The summed E-state index contributed by atoms with van der Waals surface area (Å²) in [5, 5.41) is 5.95. The Hall–Kier alpha value is -4.14. The molecule has 4 aromatic rings. The molecule has 0 saturated carbocycles. The average Bonchev–Trinajstić information content (AvgIpc) is 3.38. The molecule has 0 bridgehead atoms. The fraction of sp³-hybridized carbons (Fsp3) is 0.206. The third-order valence-electron chi connectivity index (χ3n) is 6.81. The molecule has 0 radical (unpaired) electrons. The Morgan fingerprint density at radius 1 is 0.929 bits per heavy atom. The van der Waals surface area contributed by atoms with Crippen LogP contribution < -0.4 is 10.6 Å². The van der Waals surface area contributed by atoms with Crippen molar-refractivity contribution in [3.8, 4) is 0 Å². The van der Waals surface area contributed by atoms with Crippen LogP contribution in [0.2, 0.25) is 0 Å². The van der Waals surface area contributed by atoms with Crippen molar-refractivity contribution >= 4 is 57.6 Å². The number of fused-ring (bicyclic) bond motifs is 1. The number of carbonyl (C=O) groups is 3. The van der Waals surface area contributed by atoms with Crippen LogP contribution in [-0.2, 0) is 27.2 Å². The van der Waals surface area contributed by atoms with Crippen LogP contribution in [0.5, 0.6) is 0 Å². The number of hydrogen-bond acceptors (Lipinski definition) is 6. The predicted molar refractivity (Wildman–Crippen MR) is 171 cm³/mol. The van der Waals surface area contributed by atoms with Gasteiger partial charge < -0.3 is 15.4 Å². The van der Waals surface area contributed by atoms with Gasteiger partial charge in [0.25, 0.3) is 0 Å². The van der Waals surface area contributed by atoms with Gasteiger partial charge in [0.2, 0.25) is 11.8 Å². The summed E-state index contributed by atoms with van der Waals surface area (Å²) in [6, 6.07) is 26.6. The summed E-state index contributed by atoms with van der Waals surface area (Å²) in [6.45, 7) is 2.06. The Kier molecular flexibility index (Phi) is 9.90. The maximum Gasteiger partial charge on any atom is 0.341 e. The zero-order valence-corrected chi connectivity index (χ0v) is 24.9. The Balaban J connectivity index is 1.36. The Bertz CT molecular complexity index is 1580.